The molecular weight excluding hydrogens is 259 g/mol. The minimum absolute atomic E-state index is 0. The predicted octanol–water partition coefficient (Wildman–Crippen LogP) is 0.951. The SMILES string of the molecule is CC(CN)C(=O)NCc1ccc(CO)c(F)c1.Cl. The molecule has 1 aromatic carbocycles. The zero-order valence-electron chi connectivity index (χ0n) is 10.1. The van der Waals surface area contributed by atoms with Gasteiger partial charge in [-0.2, -0.15) is 0 Å². The van der Waals surface area contributed by atoms with E-state index in [4.69, 9.17) is 10.8 Å². The smallest absolute Gasteiger partial charge is 0.224 e. The van der Waals surface area contributed by atoms with Crippen LogP contribution < -0.4 is 11.1 Å². The molecule has 0 heterocycles. The lowest BCUT2D eigenvalue weighted by Gasteiger charge is -2.10. The number of halogens is 2. The van der Waals surface area contributed by atoms with Gasteiger partial charge in [-0.25, -0.2) is 4.39 Å². The Kier molecular flexibility index (Phi) is 7.50. The minimum atomic E-state index is -0.467. The lowest BCUT2D eigenvalue weighted by Crippen LogP contribution is -2.32. The lowest BCUT2D eigenvalue weighted by molar-refractivity contribution is -0.124. The molecule has 0 bridgehead atoms. The van der Waals surface area contributed by atoms with Crippen LogP contribution in [0.5, 0.6) is 0 Å². The van der Waals surface area contributed by atoms with Gasteiger partial charge in [0.1, 0.15) is 5.82 Å². The Balaban J connectivity index is 0.00000289. The minimum Gasteiger partial charge on any atom is -0.392 e. The molecule has 1 unspecified atom stereocenters. The maximum atomic E-state index is 13.3. The molecule has 1 aromatic rings. The van der Waals surface area contributed by atoms with Gasteiger partial charge in [0.2, 0.25) is 5.91 Å². The second-order valence-electron chi connectivity index (χ2n) is 3.94. The fourth-order valence-corrected chi connectivity index (χ4v) is 1.30. The zero-order valence-corrected chi connectivity index (χ0v) is 11.0. The van der Waals surface area contributed by atoms with Crippen LogP contribution in [-0.4, -0.2) is 17.6 Å². The van der Waals surface area contributed by atoms with E-state index in [1.807, 2.05) is 0 Å². The van der Waals surface area contributed by atoms with E-state index in [1.165, 1.54) is 12.1 Å². The van der Waals surface area contributed by atoms with Gasteiger partial charge in [-0.1, -0.05) is 19.1 Å². The largest absolute Gasteiger partial charge is 0.392 e. The Morgan fingerprint density at radius 3 is 2.72 bits per heavy atom. The molecule has 0 fully saturated rings. The van der Waals surface area contributed by atoms with Crippen LogP contribution in [-0.2, 0) is 17.9 Å². The number of carbonyl (C=O) groups excluding carboxylic acids is 1. The van der Waals surface area contributed by atoms with Crippen LogP contribution in [0.15, 0.2) is 18.2 Å². The maximum absolute atomic E-state index is 13.3. The summed E-state index contributed by atoms with van der Waals surface area (Å²) >= 11 is 0. The first-order chi connectivity index (χ1) is 8.08. The fourth-order valence-electron chi connectivity index (χ4n) is 1.30. The highest BCUT2D eigenvalue weighted by Gasteiger charge is 2.10. The summed E-state index contributed by atoms with van der Waals surface area (Å²) < 4.78 is 13.3. The molecule has 1 rings (SSSR count). The molecule has 6 heteroatoms. The van der Waals surface area contributed by atoms with Crippen molar-refractivity contribution in [1.82, 2.24) is 5.32 Å². The van der Waals surface area contributed by atoms with Crippen molar-refractivity contribution in [3.8, 4) is 0 Å². The van der Waals surface area contributed by atoms with Gasteiger partial charge in [0.25, 0.3) is 0 Å². The quantitative estimate of drug-likeness (QED) is 0.750. The lowest BCUT2D eigenvalue weighted by atomic mass is 10.1. The molecule has 1 amide bonds. The predicted molar refractivity (Wildman–Crippen MR) is 69.6 cm³/mol. The van der Waals surface area contributed by atoms with E-state index in [2.05, 4.69) is 5.32 Å². The van der Waals surface area contributed by atoms with Crippen molar-refractivity contribution in [3.05, 3.63) is 35.1 Å². The van der Waals surface area contributed by atoms with Crippen molar-refractivity contribution < 1.29 is 14.3 Å². The van der Waals surface area contributed by atoms with Crippen molar-refractivity contribution in [2.75, 3.05) is 6.54 Å². The number of amides is 1. The van der Waals surface area contributed by atoms with Crippen LogP contribution in [0, 0.1) is 11.7 Å². The summed E-state index contributed by atoms with van der Waals surface area (Å²) in [6.45, 7) is 1.93. The highest BCUT2D eigenvalue weighted by atomic mass is 35.5. The topological polar surface area (TPSA) is 75.4 Å². The first-order valence-electron chi connectivity index (χ1n) is 5.44. The van der Waals surface area contributed by atoms with Crippen LogP contribution >= 0.6 is 12.4 Å². The monoisotopic (exact) mass is 276 g/mol. The number of aliphatic hydroxyl groups excluding tert-OH is 1. The van der Waals surface area contributed by atoms with Crippen LogP contribution in [0.2, 0.25) is 0 Å². The molecule has 4 nitrogen and oxygen atoms in total. The van der Waals surface area contributed by atoms with E-state index >= 15 is 0 Å². The second-order valence-corrected chi connectivity index (χ2v) is 3.94. The third-order valence-electron chi connectivity index (χ3n) is 2.56. The van der Waals surface area contributed by atoms with Crippen LogP contribution in [0.1, 0.15) is 18.1 Å². The normalized spacial score (nSPS) is 11.6. The number of nitrogens with one attached hydrogen (secondary N) is 1. The maximum Gasteiger partial charge on any atom is 0.224 e. The van der Waals surface area contributed by atoms with Gasteiger partial charge in [0.05, 0.1) is 6.61 Å². The van der Waals surface area contributed by atoms with Gasteiger partial charge in [-0.3, -0.25) is 4.79 Å². The van der Waals surface area contributed by atoms with Crippen molar-refractivity contribution >= 4 is 18.3 Å². The number of aliphatic hydroxyl groups is 1. The summed E-state index contributed by atoms with van der Waals surface area (Å²) in [7, 11) is 0. The summed E-state index contributed by atoms with van der Waals surface area (Å²) in [5.74, 6) is -0.873. The molecule has 0 radical (unpaired) electrons. The van der Waals surface area contributed by atoms with Crippen molar-refractivity contribution in [2.24, 2.45) is 11.7 Å². The van der Waals surface area contributed by atoms with Gasteiger partial charge >= 0.3 is 0 Å². The third-order valence-corrected chi connectivity index (χ3v) is 2.56. The van der Waals surface area contributed by atoms with Gasteiger partial charge in [0, 0.05) is 24.6 Å². The number of carbonyl (C=O) groups is 1. The van der Waals surface area contributed by atoms with E-state index < -0.39 is 5.82 Å². The van der Waals surface area contributed by atoms with Crippen molar-refractivity contribution in [3.63, 3.8) is 0 Å². The molecule has 1 atom stereocenters. The fraction of sp³-hybridized carbons (Fsp3) is 0.417. The molecule has 4 N–H and O–H groups in total. The molecule has 0 aliphatic rings. The third kappa shape index (κ3) is 4.60. The summed E-state index contributed by atoms with van der Waals surface area (Å²) in [5.41, 5.74) is 6.25. The molecule has 18 heavy (non-hydrogen) atoms. The summed E-state index contributed by atoms with van der Waals surface area (Å²) in [5, 5.41) is 11.5. The molecule has 0 saturated heterocycles. The summed E-state index contributed by atoms with van der Waals surface area (Å²) in [6, 6.07) is 4.48. The number of nitrogens with two attached hydrogens (primary N) is 1. The van der Waals surface area contributed by atoms with E-state index in [-0.39, 0.29) is 49.5 Å². The molecule has 0 aliphatic heterocycles. The van der Waals surface area contributed by atoms with Gasteiger partial charge in [-0.15, -0.1) is 12.4 Å². The van der Waals surface area contributed by atoms with Crippen molar-refractivity contribution in [1.29, 1.82) is 0 Å². The molecule has 0 saturated carbocycles. The van der Waals surface area contributed by atoms with Crippen LogP contribution in [0.25, 0.3) is 0 Å². The number of rotatable bonds is 5. The molecular formula is C12H18ClFN2O2. The molecule has 102 valence electrons. The zero-order chi connectivity index (χ0) is 12.8. The van der Waals surface area contributed by atoms with Crippen LogP contribution in [0.4, 0.5) is 4.39 Å². The van der Waals surface area contributed by atoms with E-state index in [9.17, 15) is 9.18 Å². The molecule has 0 aromatic heterocycles. The highest BCUT2D eigenvalue weighted by molar-refractivity contribution is 5.85. The average molecular weight is 277 g/mol. The second kappa shape index (κ2) is 8.02. The molecule has 0 aliphatic carbocycles. The number of hydrogen-bond acceptors (Lipinski definition) is 3. The Morgan fingerprint density at radius 2 is 2.22 bits per heavy atom. The van der Waals surface area contributed by atoms with E-state index in [0.717, 1.165) is 0 Å². The number of hydrogen-bond donors (Lipinski definition) is 3. The standard InChI is InChI=1S/C12H17FN2O2.ClH/c1-8(5-14)12(17)15-6-9-2-3-10(7-16)11(13)4-9;/h2-4,8,16H,5-7,14H2,1H3,(H,15,17);1H. The Labute approximate surface area is 112 Å². The van der Waals surface area contributed by atoms with Gasteiger partial charge < -0.3 is 16.2 Å². The van der Waals surface area contributed by atoms with Crippen LogP contribution in [0.3, 0.4) is 0 Å². The first-order valence-corrected chi connectivity index (χ1v) is 5.44. The summed E-state index contributed by atoms with van der Waals surface area (Å²) in [4.78, 5) is 11.4. The molecule has 0 spiro atoms. The Bertz CT molecular complexity index is 402. The Hall–Kier alpha value is -1.17. The van der Waals surface area contributed by atoms with Gasteiger partial charge in [0.15, 0.2) is 0 Å². The van der Waals surface area contributed by atoms with Crippen molar-refractivity contribution in [2.45, 2.75) is 20.1 Å². The summed E-state index contributed by atoms with van der Waals surface area (Å²) in [6.07, 6.45) is 0. The average Bonchev–Trinajstić information content (AvgIpc) is 2.35. The van der Waals surface area contributed by atoms with E-state index in [1.54, 1.807) is 13.0 Å². The van der Waals surface area contributed by atoms with E-state index in [0.29, 0.717) is 5.56 Å². The first kappa shape index (κ1) is 16.8. The number of benzene rings is 1. The Morgan fingerprint density at radius 1 is 1.56 bits per heavy atom. The van der Waals surface area contributed by atoms with Gasteiger partial charge in [-0.05, 0) is 11.6 Å². The highest BCUT2D eigenvalue weighted by Crippen LogP contribution is 2.10.